The second-order valence-corrected chi connectivity index (χ2v) is 29.6. The van der Waals surface area contributed by atoms with Crippen molar-refractivity contribution in [1.29, 1.82) is 0 Å². The Morgan fingerprint density at radius 1 is 0.314 bits per heavy atom. The average molecular weight is 1450 g/mol. The Bertz CT molecular complexity index is 4980. The number of ether oxygens (including phenoxy) is 5. The van der Waals surface area contributed by atoms with Gasteiger partial charge in [-0.2, -0.15) is 37.1 Å². The number of benzene rings is 8. The number of carbonyl (C=O) groups excluding carboxylic acids is 5. The quantitative estimate of drug-likeness (QED) is 0.0725. The second kappa shape index (κ2) is 29.6. The van der Waals surface area contributed by atoms with Gasteiger partial charge in [-0.05, 0) is 155 Å². The van der Waals surface area contributed by atoms with Crippen molar-refractivity contribution in [1.82, 2.24) is 0 Å². The third kappa shape index (κ3) is 17.3. The van der Waals surface area contributed by atoms with Crippen LogP contribution in [0.1, 0.15) is 151 Å². The van der Waals surface area contributed by atoms with Crippen molar-refractivity contribution in [3.63, 3.8) is 0 Å². The number of rotatable bonds is 3. The van der Waals surface area contributed by atoms with Gasteiger partial charge in [-0.1, -0.05) is 151 Å². The molecule has 0 fully saturated rings. The van der Waals surface area contributed by atoms with Crippen LogP contribution in [0.5, 0.6) is 28.7 Å². The molecule has 0 aromatic heterocycles. The highest BCUT2D eigenvalue weighted by molar-refractivity contribution is 5.90. The lowest BCUT2D eigenvalue weighted by molar-refractivity contribution is -0.341. The van der Waals surface area contributed by atoms with E-state index in [1.54, 1.807) is 46.8 Å². The van der Waals surface area contributed by atoms with E-state index in [2.05, 4.69) is 80.5 Å². The lowest BCUT2D eigenvalue weighted by Gasteiger charge is -2.20. The molecule has 0 atom stereocenters. The van der Waals surface area contributed by atoms with Crippen LogP contribution in [0.25, 0.3) is 0 Å². The van der Waals surface area contributed by atoms with Crippen LogP contribution in [0.4, 0.5) is 87.5 Å². The summed E-state index contributed by atoms with van der Waals surface area (Å²) in [6.45, 7) is 39.7. The van der Waals surface area contributed by atoms with Gasteiger partial charge < -0.3 is 23.7 Å². The minimum atomic E-state index is -4.59. The van der Waals surface area contributed by atoms with E-state index in [1.165, 1.54) is 17.7 Å². The van der Waals surface area contributed by atoms with Gasteiger partial charge in [-0.3, -0.25) is 0 Å². The number of hydrogen-bond acceptors (Lipinski definition) is 10. The van der Waals surface area contributed by atoms with E-state index in [0.717, 1.165) is 83.8 Å². The van der Waals surface area contributed by atoms with Crippen LogP contribution in [-0.4, -0.2) is 90.6 Å². The fraction of sp³-hybridized carbons (Fsp3) is 0.293. The molecule has 8 aromatic rings. The minimum absolute atomic E-state index is 0.0614. The summed E-state index contributed by atoms with van der Waals surface area (Å²) in [4.78, 5) is 60.0. The lowest BCUT2D eigenvalue weighted by Crippen LogP contribution is -2.22. The Morgan fingerprint density at radius 3 is 0.933 bits per heavy atom. The Labute approximate surface area is 603 Å². The number of halogens is 8. The standard InChI is InChI=1S/C19H20NO2.C17H24NO2.C16H9F5NO2.C16H14NO2.C14H15F3NO2/c1-11-6-13(3)16(14(4)7-11)10-20-17-9-12(2)8-15(5)18(17)22-19(20)21;1-11-8-12(17(5,6)7)14-13(9-11)18(15(19)20-14)10-16(2,3)4;1-6-3-7(2)15-9(4-6)22(16(23)24-15)5-8-10(17)12(19)14(21)13(20)11(8)18;1-11-8-12(2)15-14(9-11)17(16(18)19-15)10-13-6-4-3-5-7-13;1-8-5-9(13(2,3)4)11-10(6-8)18(12(19)20-11)7-14(15,16)17/h6-10H,1-5H3;8-10H,1-7H3;3-5H,1-2H3;3-10H,1-2H3;5-7H,1-4H3/q5*+1/b20-10+;18-10+;22-5+;17-10+;18-7+. The highest BCUT2D eigenvalue weighted by atomic mass is 19.4. The molecule has 0 saturated carbocycles. The lowest BCUT2D eigenvalue weighted by atomic mass is 9.85. The Kier molecular flexibility index (Phi) is 22.0. The summed E-state index contributed by atoms with van der Waals surface area (Å²) in [5.74, 6) is -8.13. The first-order chi connectivity index (χ1) is 48.7. The van der Waals surface area contributed by atoms with E-state index in [1.807, 2.05) is 135 Å². The molecule has 5 aliphatic rings. The molecule has 13 rings (SSSR count). The molecular formula is C82H82F8N5O10+5. The summed E-state index contributed by atoms with van der Waals surface area (Å²) in [6.07, 6.45) is -1.59. The maximum absolute atomic E-state index is 13.8. The Balaban J connectivity index is 0.000000152. The summed E-state index contributed by atoms with van der Waals surface area (Å²) in [5.41, 5.74) is 15.8. The molecule has 23 heteroatoms. The zero-order valence-electron chi connectivity index (χ0n) is 62.0. The molecule has 546 valence electrons. The molecule has 105 heavy (non-hydrogen) atoms. The molecule has 0 aliphatic carbocycles. The highest BCUT2D eigenvalue weighted by Gasteiger charge is 2.47. The second-order valence-electron chi connectivity index (χ2n) is 29.6. The summed E-state index contributed by atoms with van der Waals surface area (Å²) in [6, 6.07) is 32.6. The summed E-state index contributed by atoms with van der Waals surface area (Å²) < 4.78 is 137. The van der Waals surface area contributed by atoms with Crippen molar-refractivity contribution in [3.05, 3.63) is 221 Å². The molecule has 0 N–H and O–H groups in total. The number of amides is 5. The van der Waals surface area contributed by atoms with Crippen LogP contribution >= 0.6 is 0 Å². The maximum Gasteiger partial charge on any atom is 0.608 e. The molecule has 0 radical (unpaired) electrons. The van der Waals surface area contributed by atoms with Gasteiger partial charge in [0.1, 0.15) is 5.56 Å². The molecule has 0 spiro atoms. The number of fused-ring (bicyclic) bond motifs is 5. The van der Waals surface area contributed by atoms with Crippen LogP contribution in [0.3, 0.4) is 0 Å². The normalized spacial score (nSPS) is 16.0. The molecule has 5 aliphatic heterocycles. The van der Waals surface area contributed by atoms with Crippen molar-refractivity contribution >= 4 is 90.0 Å². The molecule has 8 aromatic carbocycles. The summed E-state index contributed by atoms with van der Waals surface area (Å²) >= 11 is 0. The minimum Gasteiger partial charge on any atom is -0.365 e. The van der Waals surface area contributed by atoms with Gasteiger partial charge in [-0.15, -0.1) is 0 Å². The zero-order chi connectivity index (χ0) is 77.8. The molecule has 0 saturated heterocycles. The molecule has 0 bridgehead atoms. The van der Waals surface area contributed by atoms with Crippen molar-refractivity contribution < 1.29 is 106 Å². The van der Waals surface area contributed by atoms with Crippen LogP contribution in [-0.2, 0) is 10.8 Å². The number of alkyl halides is 3. The average Bonchev–Trinajstić information content (AvgIpc) is 1.80. The van der Waals surface area contributed by atoms with Crippen LogP contribution in [0, 0.1) is 111 Å². The van der Waals surface area contributed by atoms with Crippen molar-refractivity contribution in [2.75, 3.05) is 0 Å². The van der Waals surface area contributed by atoms with Gasteiger partial charge in [0.15, 0.2) is 48.1 Å². The largest absolute Gasteiger partial charge is 0.608 e. The molecular weight excluding hydrogens is 1370 g/mol. The first-order valence-electron chi connectivity index (χ1n) is 33.4. The monoisotopic (exact) mass is 1450 g/mol. The highest BCUT2D eigenvalue weighted by Crippen LogP contribution is 2.46. The van der Waals surface area contributed by atoms with Gasteiger partial charge in [0.05, 0.1) is 0 Å². The predicted octanol–water partition coefficient (Wildman–Crippen LogP) is 21.0. The Morgan fingerprint density at radius 2 is 0.590 bits per heavy atom. The van der Waals surface area contributed by atoms with E-state index >= 15 is 0 Å². The third-order valence-corrected chi connectivity index (χ3v) is 16.8. The van der Waals surface area contributed by atoms with E-state index in [0.29, 0.717) is 43.7 Å². The van der Waals surface area contributed by atoms with Crippen LogP contribution in [0.2, 0.25) is 0 Å². The van der Waals surface area contributed by atoms with E-state index in [-0.39, 0.29) is 63.6 Å². The number of carbonyl (C=O) groups is 5. The topological polar surface area (TPSA) is 147 Å². The molecule has 0 unspecified atom stereocenters. The maximum atomic E-state index is 13.8. The smallest absolute Gasteiger partial charge is 0.365 e. The first kappa shape index (κ1) is 78.0. The van der Waals surface area contributed by atoms with Crippen LogP contribution in [0.15, 0.2) is 103 Å². The summed E-state index contributed by atoms with van der Waals surface area (Å²) in [5, 5.41) is 0. The van der Waals surface area contributed by atoms with E-state index in [4.69, 9.17) is 23.7 Å². The SMILES string of the molecule is Cc1cc(C)c(/C=[N+]2/C(=O)Oc3c(C)cc(C)cc32)c(C)c1.Cc1cc(C)c2c(c1)/[N+](=C\c1c(F)c(F)c(F)c(F)c1F)C(=O)O2.Cc1cc(C)c2c(c1)/[N+](=C\c1ccccc1)C(=O)O2.Cc1cc2c(c(C(C)(C)C)c1)OC(=O)/[N+]2=C/C(C)(C)C.Cc1cc2c(c(C(C)(C)C)c1)OC(=O)/[N+]2=C/C(F)(F)F. The van der Waals surface area contributed by atoms with Gasteiger partial charge in [0.2, 0.25) is 34.6 Å². The summed E-state index contributed by atoms with van der Waals surface area (Å²) in [7, 11) is 0. The van der Waals surface area contributed by atoms with Crippen LogP contribution < -0.4 is 23.7 Å². The molecule has 15 nitrogen and oxygen atoms in total. The van der Waals surface area contributed by atoms with Gasteiger partial charge in [0.25, 0.3) is 34.7 Å². The third-order valence-electron chi connectivity index (χ3n) is 16.8. The van der Waals surface area contributed by atoms with Gasteiger partial charge >= 0.3 is 36.6 Å². The molecule has 5 heterocycles. The Hall–Kier alpha value is -11.1. The predicted molar refractivity (Wildman–Crippen MR) is 384 cm³/mol. The van der Waals surface area contributed by atoms with Gasteiger partial charge in [0, 0.05) is 58.0 Å². The van der Waals surface area contributed by atoms with Gasteiger partial charge in [-0.25, -0.2) is 22.0 Å². The van der Waals surface area contributed by atoms with Crippen molar-refractivity contribution in [2.45, 2.75) is 155 Å². The fourth-order valence-electron chi connectivity index (χ4n) is 12.3. The van der Waals surface area contributed by atoms with Crippen molar-refractivity contribution in [2.24, 2.45) is 5.41 Å². The van der Waals surface area contributed by atoms with E-state index < -0.39 is 53.0 Å². The fourth-order valence-corrected chi connectivity index (χ4v) is 12.3. The first-order valence-corrected chi connectivity index (χ1v) is 33.4. The van der Waals surface area contributed by atoms with E-state index in [9.17, 15) is 59.1 Å². The number of aryl methyl sites for hydroxylation is 11. The number of nitrogens with zero attached hydrogens (tertiary/aromatic N) is 5. The zero-order valence-corrected chi connectivity index (χ0v) is 62.0. The molecule has 5 amide bonds. The number of hydrogen-bond donors (Lipinski definition) is 0. The van der Waals surface area contributed by atoms with Crippen molar-refractivity contribution in [3.8, 4) is 28.7 Å².